The standard InChI is InChI=1S/C24H25N5O5/c25-22-17-23(27-12-26-22)29(13-28-17)24-20(32)19(31)16(34-24)11-33-21(15-9-5-2-6-10-15)18(30)14-7-3-1-4-8-14/h1-10,12-13,16,18-21,24,30-32H,11H2,(H2,25,26,27)/t16-,18+,19-,20-,21-,24-/m1/s1. The molecule has 4 aromatic rings. The fourth-order valence-electron chi connectivity index (χ4n) is 4.19. The summed E-state index contributed by atoms with van der Waals surface area (Å²) >= 11 is 0. The highest BCUT2D eigenvalue weighted by Gasteiger charge is 2.45. The molecule has 0 amide bonds. The van der Waals surface area contributed by atoms with E-state index >= 15 is 0 Å². The molecule has 0 radical (unpaired) electrons. The lowest BCUT2D eigenvalue weighted by Gasteiger charge is -2.26. The number of hydrogen-bond acceptors (Lipinski definition) is 9. The number of aliphatic hydroxyl groups is 3. The number of nitrogens with zero attached hydrogens (tertiary/aromatic N) is 4. The number of fused-ring (bicyclic) bond motifs is 1. The van der Waals surface area contributed by atoms with Gasteiger partial charge in [-0.25, -0.2) is 15.0 Å². The third-order valence-corrected chi connectivity index (χ3v) is 5.99. The second-order valence-electron chi connectivity index (χ2n) is 8.15. The van der Waals surface area contributed by atoms with Gasteiger partial charge >= 0.3 is 0 Å². The SMILES string of the molecule is Nc1ncnc2c1ncn2[C@@H]1O[C@H](CO[C@H](c2ccccc2)[C@@H](O)c2ccccc2)[C@@H](O)[C@H]1O. The fourth-order valence-corrected chi connectivity index (χ4v) is 4.19. The fraction of sp³-hybridized carbons (Fsp3) is 0.292. The van der Waals surface area contributed by atoms with Gasteiger partial charge in [0.2, 0.25) is 0 Å². The number of ether oxygens (including phenoxy) is 2. The molecule has 0 aliphatic carbocycles. The summed E-state index contributed by atoms with van der Waals surface area (Å²) in [6.07, 6.45) is -3.21. The molecule has 2 aromatic heterocycles. The van der Waals surface area contributed by atoms with Crippen molar-refractivity contribution in [3.63, 3.8) is 0 Å². The second kappa shape index (κ2) is 9.45. The quantitative estimate of drug-likeness (QED) is 0.320. The predicted octanol–water partition coefficient (Wildman–Crippen LogP) is 1.52. The van der Waals surface area contributed by atoms with E-state index in [1.807, 2.05) is 60.7 Å². The monoisotopic (exact) mass is 463 g/mol. The Kier molecular flexibility index (Phi) is 6.22. The number of nitrogen functional groups attached to an aromatic ring is 1. The molecule has 0 spiro atoms. The van der Waals surface area contributed by atoms with E-state index in [9.17, 15) is 15.3 Å². The molecule has 5 rings (SSSR count). The van der Waals surface area contributed by atoms with Crippen molar-refractivity contribution in [1.29, 1.82) is 0 Å². The Balaban J connectivity index is 1.36. The molecule has 10 heteroatoms. The van der Waals surface area contributed by atoms with Gasteiger partial charge in [0, 0.05) is 0 Å². The highest BCUT2D eigenvalue weighted by Crippen LogP contribution is 2.36. The lowest BCUT2D eigenvalue weighted by atomic mass is 9.98. The number of rotatable bonds is 7. The minimum absolute atomic E-state index is 0.0675. The van der Waals surface area contributed by atoms with Crippen molar-refractivity contribution in [2.45, 2.75) is 36.7 Å². The molecule has 1 aliphatic rings. The van der Waals surface area contributed by atoms with Crippen LogP contribution < -0.4 is 5.73 Å². The van der Waals surface area contributed by atoms with Crippen LogP contribution in [-0.2, 0) is 9.47 Å². The summed E-state index contributed by atoms with van der Waals surface area (Å²) in [5.41, 5.74) is 8.08. The molecular weight excluding hydrogens is 438 g/mol. The number of aliphatic hydroxyl groups excluding tert-OH is 3. The normalized spacial score (nSPS) is 24.3. The van der Waals surface area contributed by atoms with E-state index in [-0.39, 0.29) is 12.4 Å². The average molecular weight is 463 g/mol. The maximum atomic E-state index is 11.1. The molecule has 2 aromatic carbocycles. The number of hydrogen-bond donors (Lipinski definition) is 4. The van der Waals surface area contributed by atoms with Crippen LogP contribution in [-0.4, -0.2) is 59.8 Å². The van der Waals surface area contributed by atoms with Crippen LogP contribution in [0.25, 0.3) is 11.2 Å². The van der Waals surface area contributed by atoms with E-state index < -0.39 is 36.7 Å². The van der Waals surface area contributed by atoms with E-state index in [1.54, 1.807) is 0 Å². The van der Waals surface area contributed by atoms with Gasteiger partial charge in [-0.3, -0.25) is 4.57 Å². The molecule has 1 fully saturated rings. The molecule has 0 unspecified atom stereocenters. The Labute approximate surface area is 195 Å². The molecular formula is C24H25N5O5. The summed E-state index contributed by atoms with van der Waals surface area (Å²) in [5.74, 6) is 0.206. The van der Waals surface area contributed by atoms with Crippen molar-refractivity contribution >= 4 is 17.0 Å². The molecule has 6 atom stereocenters. The zero-order valence-corrected chi connectivity index (χ0v) is 18.1. The third-order valence-electron chi connectivity index (χ3n) is 5.99. The summed E-state index contributed by atoms with van der Waals surface area (Å²) in [6.45, 7) is -0.0675. The molecule has 3 heterocycles. The van der Waals surface area contributed by atoms with Crippen molar-refractivity contribution in [3.8, 4) is 0 Å². The van der Waals surface area contributed by atoms with Gasteiger partial charge in [0.1, 0.15) is 42.4 Å². The first-order chi connectivity index (χ1) is 16.5. The first kappa shape index (κ1) is 22.4. The van der Waals surface area contributed by atoms with Gasteiger partial charge in [0.15, 0.2) is 17.7 Å². The van der Waals surface area contributed by atoms with Crippen LogP contribution in [0.3, 0.4) is 0 Å². The van der Waals surface area contributed by atoms with Crippen LogP contribution in [0.5, 0.6) is 0 Å². The minimum atomic E-state index is -1.25. The topological polar surface area (TPSA) is 149 Å². The Hall–Kier alpha value is -3.41. The van der Waals surface area contributed by atoms with Gasteiger partial charge in [-0.05, 0) is 11.1 Å². The Bertz CT molecular complexity index is 1240. The number of imidazole rings is 1. The Morgan fingerprint density at radius 2 is 1.62 bits per heavy atom. The van der Waals surface area contributed by atoms with Crippen LogP contribution in [0, 0.1) is 0 Å². The molecule has 1 aliphatic heterocycles. The van der Waals surface area contributed by atoms with Gasteiger partial charge in [-0.1, -0.05) is 60.7 Å². The highest BCUT2D eigenvalue weighted by atomic mass is 16.6. The summed E-state index contributed by atoms with van der Waals surface area (Å²) in [5, 5.41) is 32.4. The van der Waals surface area contributed by atoms with Gasteiger partial charge in [-0.15, -0.1) is 0 Å². The smallest absolute Gasteiger partial charge is 0.167 e. The van der Waals surface area contributed by atoms with Crippen LogP contribution >= 0.6 is 0 Å². The van der Waals surface area contributed by atoms with E-state index in [1.165, 1.54) is 17.2 Å². The number of anilines is 1. The van der Waals surface area contributed by atoms with Crippen molar-refractivity contribution in [1.82, 2.24) is 19.5 Å². The van der Waals surface area contributed by atoms with Crippen LogP contribution in [0.1, 0.15) is 29.6 Å². The molecule has 1 saturated heterocycles. The molecule has 0 bridgehead atoms. The van der Waals surface area contributed by atoms with Gasteiger partial charge in [-0.2, -0.15) is 0 Å². The van der Waals surface area contributed by atoms with Gasteiger partial charge < -0.3 is 30.5 Å². The van der Waals surface area contributed by atoms with Crippen molar-refractivity contribution in [3.05, 3.63) is 84.4 Å². The first-order valence-electron chi connectivity index (χ1n) is 10.9. The zero-order chi connectivity index (χ0) is 23.7. The number of aromatic nitrogens is 4. The van der Waals surface area contributed by atoms with Crippen molar-refractivity contribution in [2.75, 3.05) is 12.3 Å². The number of nitrogens with two attached hydrogens (primary N) is 1. The largest absolute Gasteiger partial charge is 0.387 e. The molecule has 176 valence electrons. The van der Waals surface area contributed by atoms with E-state index in [2.05, 4.69) is 15.0 Å². The predicted molar refractivity (Wildman–Crippen MR) is 122 cm³/mol. The van der Waals surface area contributed by atoms with Gasteiger partial charge in [0.05, 0.1) is 12.9 Å². The maximum Gasteiger partial charge on any atom is 0.167 e. The molecule has 10 nitrogen and oxygen atoms in total. The van der Waals surface area contributed by atoms with Crippen molar-refractivity contribution < 1.29 is 24.8 Å². The highest BCUT2D eigenvalue weighted by molar-refractivity contribution is 5.81. The Morgan fingerprint density at radius 1 is 0.941 bits per heavy atom. The molecule has 0 saturated carbocycles. The van der Waals surface area contributed by atoms with E-state index in [4.69, 9.17) is 15.2 Å². The van der Waals surface area contributed by atoms with E-state index in [0.717, 1.165) is 5.56 Å². The van der Waals surface area contributed by atoms with Crippen molar-refractivity contribution in [2.24, 2.45) is 0 Å². The summed E-state index contributed by atoms with van der Waals surface area (Å²) in [7, 11) is 0. The van der Waals surface area contributed by atoms with Crippen LogP contribution in [0.2, 0.25) is 0 Å². The maximum absolute atomic E-state index is 11.1. The van der Waals surface area contributed by atoms with Crippen LogP contribution in [0.15, 0.2) is 73.3 Å². The van der Waals surface area contributed by atoms with Gasteiger partial charge in [0.25, 0.3) is 0 Å². The first-order valence-corrected chi connectivity index (χ1v) is 10.9. The lowest BCUT2D eigenvalue weighted by molar-refractivity contribution is -0.107. The summed E-state index contributed by atoms with van der Waals surface area (Å²) in [6, 6.07) is 18.5. The van der Waals surface area contributed by atoms with E-state index in [0.29, 0.717) is 16.7 Å². The Morgan fingerprint density at radius 3 is 2.32 bits per heavy atom. The lowest BCUT2D eigenvalue weighted by Crippen LogP contribution is -2.34. The van der Waals surface area contributed by atoms with Crippen LogP contribution in [0.4, 0.5) is 5.82 Å². The summed E-state index contributed by atoms with van der Waals surface area (Å²) < 4.78 is 13.6. The summed E-state index contributed by atoms with van der Waals surface area (Å²) in [4.78, 5) is 12.3. The third kappa shape index (κ3) is 4.13. The molecule has 5 N–H and O–H groups in total. The number of benzene rings is 2. The molecule has 34 heavy (non-hydrogen) atoms. The minimum Gasteiger partial charge on any atom is -0.387 e. The average Bonchev–Trinajstić information content (AvgIpc) is 3.42. The zero-order valence-electron chi connectivity index (χ0n) is 18.1. The second-order valence-corrected chi connectivity index (χ2v) is 8.15.